The Morgan fingerprint density at radius 1 is 1.33 bits per heavy atom. The van der Waals surface area contributed by atoms with Crippen LogP contribution in [0.1, 0.15) is 11.7 Å². The third kappa shape index (κ3) is 6.27. The molecule has 1 fully saturated rings. The van der Waals surface area contributed by atoms with Gasteiger partial charge in [0, 0.05) is 26.2 Å². The minimum atomic E-state index is -4.71. The van der Waals surface area contributed by atoms with Gasteiger partial charge in [-0.2, -0.15) is 0 Å². The van der Waals surface area contributed by atoms with Gasteiger partial charge in [0.2, 0.25) is 0 Å². The van der Waals surface area contributed by atoms with Crippen molar-refractivity contribution in [3.05, 3.63) is 29.8 Å². The zero-order valence-electron chi connectivity index (χ0n) is 13.8. The summed E-state index contributed by atoms with van der Waals surface area (Å²) >= 11 is 0. The maximum Gasteiger partial charge on any atom is 0.573 e. The van der Waals surface area contributed by atoms with E-state index in [2.05, 4.69) is 9.64 Å². The van der Waals surface area contributed by atoms with Crippen molar-refractivity contribution in [2.75, 3.05) is 46.9 Å². The Kier molecular flexibility index (Phi) is 6.45. The second-order valence-electron chi connectivity index (χ2n) is 6.15. The first-order chi connectivity index (χ1) is 11.2. The molecule has 0 bridgehead atoms. The highest BCUT2D eigenvalue weighted by Gasteiger charge is 2.31. The standard InChI is InChI=1S/C16H23F3N2O3/c1-20(2)9-14-10-21(7-8-23-14)11-15(22)12-3-5-13(6-4-12)24-16(17,18)19/h3-6,14-15,22H,7-11H2,1-2H3. The van der Waals surface area contributed by atoms with Crippen LogP contribution in [0.15, 0.2) is 24.3 Å². The van der Waals surface area contributed by atoms with Crippen molar-refractivity contribution in [3.8, 4) is 5.75 Å². The molecule has 1 aromatic carbocycles. The van der Waals surface area contributed by atoms with Gasteiger partial charge in [0.15, 0.2) is 0 Å². The highest BCUT2D eigenvalue weighted by Crippen LogP contribution is 2.25. The third-order valence-corrected chi connectivity index (χ3v) is 3.72. The second-order valence-corrected chi connectivity index (χ2v) is 6.15. The summed E-state index contributed by atoms with van der Waals surface area (Å²) in [7, 11) is 3.95. The Bertz CT molecular complexity index is 508. The Hall–Kier alpha value is -1.35. The van der Waals surface area contributed by atoms with Gasteiger partial charge in [-0.3, -0.25) is 4.90 Å². The molecule has 0 radical (unpaired) electrons. The van der Waals surface area contributed by atoms with E-state index in [-0.39, 0.29) is 11.9 Å². The van der Waals surface area contributed by atoms with Gasteiger partial charge in [0.25, 0.3) is 0 Å². The van der Waals surface area contributed by atoms with E-state index < -0.39 is 12.5 Å². The van der Waals surface area contributed by atoms with Gasteiger partial charge < -0.3 is 19.5 Å². The fourth-order valence-corrected chi connectivity index (χ4v) is 2.71. The first-order valence-electron chi connectivity index (χ1n) is 7.75. The average Bonchev–Trinajstić information content (AvgIpc) is 2.46. The summed E-state index contributed by atoms with van der Waals surface area (Å²) in [6, 6.07) is 5.31. The minimum absolute atomic E-state index is 0.0866. The fourth-order valence-electron chi connectivity index (χ4n) is 2.71. The summed E-state index contributed by atoms with van der Waals surface area (Å²) < 4.78 is 45.9. The number of alkyl halides is 3. The quantitative estimate of drug-likeness (QED) is 0.851. The molecule has 5 nitrogen and oxygen atoms in total. The van der Waals surface area contributed by atoms with E-state index in [1.807, 2.05) is 19.0 Å². The van der Waals surface area contributed by atoms with Gasteiger partial charge in [-0.15, -0.1) is 13.2 Å². The molecule has 0 aliphatic carbocycles. The van der Waals surface area contributed by atoms with Crippen molar-refractivity contribution in [2.24, 2.45) is 0 Å². The lowest BCUT2D eigenvalue weighted by Gasteiger charge is -2.35. The summed E-state index contributed by atoms with van der Waals surface area (Å²) in [4.78, 5) is 4.15. The van der Waals surface area contributed by atoms with E-state index in [4.69, 9.17) is 4.74 Å². The number of β-amino-alcohol motifs (C(OH)–C–C–N with tert-alkyl or cyclic N) is 1. The van der Waals surface area contributed by atoms with Gasteiger partial charge >= 0.3 is 6.36 Å². The van der Waals surface area contributed by atoms with Crippen LogP contribution in [0, 0.1) is 0 Å². The molecule has 2 rings (SSSR count). The minimum Gasteiger partial charge on any atom is -0.406 e. The fraction of sp³-hybridized carbons (Fsp3) is 0.625. The van der Waals surface area contributed by atoms with Gasteiger partial charge in [-0.25, -0.2) is 0 Å². The van der Waals surface area contributed by atoms with Crippen LogP contribution in [0.25, 0.3) is 0 Å². The SMILES string of the molecule is CN(C)CC1CN(CC(O)c2ccc(OC(F)(F)F)cc2)CCO1. The van der Waals surface area contributed by atoms with Crippen LogP contribution in [0.4, 0.5) is 13.2 Å². The molecule has 1 N–H and O–H groups in total. The van der Waals surface area contributed by atoms with Crippen LogP contribution in [0.5, 0.6) is 5.75 Å². The van der Waals surface area contributed by atoms with Crippen LogP contribution in [-0.2, 0) is 4.74 Å². The number of hydrogen-bond donors (Lipinski definition) is 1. The van der Waals surface area contributed by atoms with Crippen molar-refractivity contribution in [1.82, 2.24) is 9.80 Å². The molecule has 1 aliphatic rings. The molecule has 24 heavy (non-hydrogen) atoms. The summed E-state index contributed by atoms with van der Waals surface area (Å²) in [6.07, 6.45) is -5.40. The predicted molar refractivity (Wildman–Crippen MR) is 82.8 cm³/mol. The molecular weight excluding hydrogens is 325 g/mol. The molecule has 0 amide bonds. The molecule has 0 spiro atoms. The zero-order valence-corrected chi connectivity index (χ0v) is 13.8. The number of rotatable bonds is 6. The molecule has 1 heterocycles. The van der Waals surface area contributed by atoms with Gasteiger partial charge in [-0.1, -0.05) is 12.1 Å². The monoisotopic (exact) mass is 348 g/mol. The highest BCUT2D eigenvalue weighted by molar-refractivity contribution is 5.28. The molecule has 1 saturated heterocycles. The van der Waals surface area contributed by atoms with Crippen LogP contribution in [-0.4, -0.2) is 74.3 Å². The number of aliphatic hydroxyl groups excluding tert-OH is 1. The smallest absolute Gasteiger partial charge is 0.406 e. The molecule has 2 unspecified atom stereocenters. The van der Waals surface area contributed by atoms with Gasteiger partial charge in [-0.05, 0) is 31.8 Å². The van der Waals surface area contributed by atoms with Crippen molar-refractivity contribution in [1.29, 1.82) is 0 Å². The number of likely N-dealkylation sites (N-methyl/N-ethyl adjacent to an activating group) is 1. The van der Waals surface area contributed by atoms with Gasteiger partial charge in [0.1, 0.15) is 5.75 Å². The first-order valence-corrected chi connectivity index (χ1v) is 7.75. The van der Waals surface area contributed by atoms with Crippen molar-refractivity contribution in [3.63, 3.8) is 0 Å². The van der Waals surface area contributed by atoms with Crippen LogP contribution >= 0.6 is 0 Å². The largest absolute Gasteiger partial charge is 0.573 e. The highest BCUT2D eigenvalue weighted by atomic mass is 19.4. The number of hydrogen-bond acceptors (Lipinski definition) is 5. The lowest BCUT2D eigenvalue weighted by Crippen LogP contribution is -2.47. The molecule has 2 atom stereocenters. The predicted octanol–water partition coefficient (Wildman–Crippen LogP) is 1.88. The normalized spacial score (nSPS) is 21.0. The first kappa shape index (κ1) is 19.0. The Morgan fingerprint density at radius 2 is 2.00 bits per heavy atom. The average molecular weight is 348 g/mol. The Balaban J connectivity index is 1.88. The number of nitrogens with zero attached hydrogens (tertiary/aromatic N) is 2. The summed E-state index contributed by atoms with van der Waals surface area (Å²) in [6.45, 7) is 3.24. The van der Waals surface area contributed by atoms with Crippen LogP contribution < -0.4 is 4.74 Å². The van der Waals surface area contributed by atoms with E-state index in [9.17, 15) is 18.3 Å². The maximum absolute atomic E-state index is 12.1. The number of morpholine rings is 1. The second kappa shape index (κ2) is 8.15. The number of halogens is 3. The summed E-state index contributed by atoms with van der Waals surface area (Å²) in [5, 5.41) is 10.3. The van der Waals surface area contributed by atoms with E-state index in [1.54, 1.807) is 0 Å². The van der Waals surface area contributed by atoms with Crippen LogP contribution in [0.3, 0.4) is 0 Å². The molecule has 8 heteroatoms. The molecule has 136 valence electrons. The molecule has 1 aromatic rings. The van der Waals surface area contributed by atoms with Crippen molar-refractivity contribution < 1.29 is 27.8 Å². The molecule has 0 saturated carbocycles. The maximum atomic E-state index is 12.1. The summed E-state index contributed by atoms with van der Waals surface area (Å²) in [5.41, 5.74) is 0.556. The van der Waals surface area contributed by atoms with Gasteiger partial charge in [0.05, 0.1) is 18.8 Å². The number of ether oxygens (including phenoxy) is 2. The third-order valence-electron chi connectivity index (χ3n) is 3.72. The number of benzene rings is 1. The molecular formula is C16H23F3N2O3. The lowest BCUT2D eigenvalue weighted by atomic mass is 10.1. The Labute approximate surface area is 139 Å². The molecule has 1 aliphatic heterocycles. The lowest BCUT2D eigenvalue weighted by molar-refractivity contribution is -0.274. The van der Waals surface area contributed by atoms with Crippen molar-refractivity contribution >= 4 is 0 Å². The Morgan fingerprint density at radius 3 is 2.58 bits per heavy atom. The number of aliphatic hydroxyl groups is 1. The van der Waals surface area contributed by atoms with E-state index in [0.717, 1.165) is 13.1 Å². The van der Waals surface area contributed by atoms with E-state index in [0.29, 0.717) is 25.3 Å². The van der Waals surface area contributed by atoms with Crippen molar-refractivity contribution in [2.45, 2.75) is 18.6 Å². The zero-order chi connectivity index (χ0) is 17.7. The topological polar surface area (TPSA) is 45.2 Å². The molecule has 0 aromatic heterocycles. The summed E-state index contributed by atoms with van der Waals surface area (Å²) in [5.74, 6) is -0.295. The van der Waals surface area contributed by atoms with Crippen LogP contribution in [0.2, 0.25) is 0 Å². The van der Waals surface area contributed by atoms with E-state index in [1.165, 1.54) is 24.3 Å². The van der Waals surface area contributed by atoms with E-state index >= 15 is 0 Å².